The van der Waals surface area contributed by atoms with Crippen molar-refractivity contribution in [2.24, 2.45) is 0 Å². The number of hydrogen-bond donors (Lipinski definition) is 1. The van der Waals surface area contributed by atoms with E-state index in [0.717, 1.165) is 28.0 Å². The summed E-state index contributed by atoms with van der Waals surface area (Å²) in [4.78, 5) is 8.99. The molecular formula is C14H16BrN3. The summed E-state index contributed by atoms with van der Waals surface area (Å²) < 4.78 is 0.765. The van der Waals surface area contributed by atoms with Gasteiger partial charge in [0.1, 0.15) is 11.6 Å². The number of aromatic nitrogens is 2. The van der Waals surface area contributed by atoms with Gasteiger partial charge in [0.15, 0.2) is 0 Å². The Kier molecular flexibility index (Phi) is 3.97. The van der Waals surface area contributed by atoms with Gasteiger partial charge >= 0.3 is 0 Å². The Morgan fingerprint density at radius 3 is 2.50 bits per heavy atom. The van der Waals surface area contributed by atoms with Crippen LogP contribution >= 0.6 is 15.9 Å². The van der Waals surface area contributed by atoms with E-state index in [1.807, 2.05) is 30.3 Å². The molecule has 4 heteroatoms. The van der Waals surface area contributed by atoms with E-state index in [4.69, 9.17) is 5.73 Å². The molecule has 0 aliphatic carbocycles. The quantitative estimate of drug-likeness (QED) is 0.932. The van der Waals surface area contributed by atoms with E-state index in [0.29, 0.717) is 11.7 Å². The Morgan fingerprint density at radius 2 is 1.89 bits per heavy atom. The van der Waals surface area contributed by atoms with E-state index in [1.165, 1.54) is 0 Å². The first-order valence-corrected chi connectivity index (χ1v) is 6.81. The van der Waals surface area contributed by atoms with E-state index < -0.39 is 0 Å². The van der Waals surface area contributed by atoms with Gasteiger partial charge in [0.05, 0.1) is 10.2 Å². The average molecular weight is 306 g/mol. The SMILES string of the molecule is CCC(C)c1nc(N)c(Br)c(-c2ccccc2)n1. The standard InChI is InChI=1S/C14H16BrN3/c1-3-9(2)14-17-12(11(15)13(16)18-14)10-7-5-4-6-8-10/h4-9H,3H2,1-2H3,(H2,16,17,18). The second-order valence-electron chi connectivity index (χ2n) is 4.30. The zero-order valence-corrected chi connectivity index (χ0v) is 12.1. The monoisotopic (exact) mass is 305 g/mol. The number of rotatable bonds is 3. The lowest BCUT2D eigenvalue weighted by atomic mass is 10.1. The van der Waals surface area contributed by atoms with Crippen LogP contribution in [-0.4, -0.2) is 9.97 Å². The fourth-order valence-electron chi connectivity index (χ4n) is 1.67. The molecule has 0 fully saturated rings. The third-order valence-corrected chi connectivity index (χ3v) is 3.78. The van der Waals surface area contributed by atoms with Crippen molar-refractivity contribution >= 4 is 21.7 Å². The minimum atomic E-state index is 0.308. The highest BCUT2D eigenvalue weighted by molar-refractivity contribution is 9.10. The van der Waals surface area contributed by atoms with Gasteiger partial charge in [-0.15, -0.1) is 0 Å². The van der Waals surface area contributed by atoms with Gasteiger partial charge in [0.2, 0.25) is 0 Å². The summed E-state index contributed by atoms with van der Waals surface area (Å²) in [7, 11) is 0. The normalized spacial score (nSPS) is 12.4. The zero-order chi connectivity index (χ0) is 13.1. The number of hydrogen-bond acceptors (Lipinski definition) is 3. The summed E-state index contributed by atoms with van der Waals surface area (Å²) in [6.45, 7) is 4.23. The Hall–Kier alpha value is -1.42. The van der Waals surface area contributed by atoms with Crippen LogP contribution in [0.1, 0.15) is 32.0 Å². The number of nitrogen functional groups attached to an aromatic ring is 1. The molecule has 0 spiro atoms. The smallest absolute Gasteiger partial charge is 0.142 e. The summed E-state index contributed by atoms with van der Waals surface area (Å²) in [5.41, 5.74) is 7.86. The molecule has 0 radical (unpaired) electrons. The third kappa shape index (κ3) is 2.53. The highest BCUT2D eigenvalue weighted by Gasteiger charge is 2.14. The molecule has 18 heavy (non-hydrogen) atoms. The molecule has 0 bridgehead atoms. The fourth-order valence-corrected chi connectivity index (χ4v) is 2.08. The molecule has 2 N–H and O–H groups in total. The number of anilines is 1. The van der Waals surface area contributed by atoms with Crippen LogP contribution < -0.4 is 5.73 Å². The van der Waals surface area contributed by atoms with Crippen LogP contribution in [0.5, 0.6) is 0 Å². The van der Waals surface area contributed by atoms with Crippen LogP contribution in [0, 0.1) is 0 Å². The molecule has 0 amide bonds. The molecule has 0 aliphatic heterocycles. The van der Waals surface area contributed by atoms with E-state index >= 15 is 0 Å². The lowest BCUT2D eigenvalue weighted by Crippen LogP contribution is -2.06. The first-order valence-electron chi connectivity index (χ1n) is 6.01. The van der Waals surface area contributed by atoms with Gasteiger partial charge in [-0.05, 0) is 22.4 Å². The van der Waals surface area contributed by atoms with Crippen LogP contribution in [0.3, 0.4) is 0 Å². The van der Waals surface area contributed by atoms with Crippen molar-refractivity contribution in [1.29, 1.82) is 0 Å². The minimum absolute atomic E-state index is 0.308. The molecule has 3 nitrogen and oxygen atoms in total. The number of nitrogens with two attached hydrogens (primary N) is 1. The molecule has 0 aliphatic rings. The van der Waals surface area contributed by atoms with Crippen molar-refractivity contribution < 1.29 is 0 Å². The molecule has 0 saturated carbocycles. The van der Waals surface area contributed by atoms with E-state index in [-0.39, 0.29) is 0 Å². The number of benzene rings is 1. The first kappa shape index (κ1) is 13.0. The van der Waals surface area contributed by atoms with Gasteiger partial charge in [0, 0.05) is 11.5 Å². The Labute approximate surface area is 116 Å². The predicted molar refractivity (Wildman–Crippen MR) is 78.3 cm³/mol. The maximum atomic E-state index is 5.95. The van der Waals surface area contributed by atoms with Crippen molar-refractivity contribution in [1.82, 2.24) is 9.97 Å². The molecule has 1 aromatic carbocycles. The summed E-state index contributed by atoms with van der Waals surface area (Å²) in [5.74, 6) is 1.61. The van der Waals surface area contributed by atoms with E-state index in [9.17, 15) is 0 Å². The first-order chi connectivity index (χ1) is 8.63. The van der Waals surface area contributed by atoms with Crippen molar-refractivity contribution in [3.05, 3.63) is 40.6 Å². The highest BCUT2D eigenvalue weighted by Crippen LogP contribution is 2.31. The molecule has 1 unspecified atom stereocenters. The molecule has 2 rings (SSSR count). The number of halogens is 1. The summed E-state index contributed by atoms with van der Waals surface area (Å²) >= 11 is 3.47. The van der Waals surface area contributed by atoms with Crippen LogP contribution in [0.25, 0.3) is 11.3 Å². The van der Waals surface area contributed by atoms with Gasteiger partial charge in [-0.3, -0.25) is 0 Å². The predicted octanol–water partition coefficient (Wildman–Crippen LogP) is 4.00. The van der Waals surface area contributed by atoms with Gasteiger partial charge in [-0.25, -0.2) is 9.97 Å². The maximum Gasteiger partial charge on any atom is 0.142 e. The van der Waals surface area contributed by atoms with Crippen molar-refractivity contribution in [3.63, 3.8) is 0 Å². The van der Waals surface area contributed by atoms with Crippen LogP contribution in [0.4, 0.5) is 5.82 Å². The van der Waals surface area contributed by atoms with Crippen LogP contribution in [-0.2, 0) is 0 Å². The molecule has 1 atom stereocenters. The van der Waals surface area contributed by atoms with Gasteiger partial charge in [-0.1, -0.05) is 44.2 Å². The van der Waals surface area contributed by atoms with Gasteiger partial charge < -0.3 is 5.73 Å². The Morgan fingerprint density at radius 1 is 1.22 bits per heavy atom. The second kappa shape index (κ2) is 5.48. The summed E-state index contributed by atoms with van der Waals surface area (Å²) in [6, 6.07) is 10.0. The summed E-state index contributed by atoms with van der Waals surface area (Å²) in [6.07, 6.45) is 0.995. The molecule has 2 aromatic rings. The zero-order valence-electron chi connectivity index (χ0n) is 10.5. The largest absolute Gasteiger partial charge is 0.383 e. The summed E-state index contributed by atoms with van der Waals surface area (Å²) in [5, 5.41) is 0. The lowest BCUT2D eigenvalue weighted by molar-refractivity contribution is 0.680. The lowest BCUT2D eigenvalue weighted by Gasteiger charge is -2.12. The molecular weight excluding hydrogens is 290 g/mol. The van der Waals surface area contributed by atoms with Crippen molar-refractivity contribution in [3.8, 4) is 11.3 Å². The Bertz CT molecular complexity index is 540. The molecule has 0 saturated heterocycles. The van der Waals surface area contributed by atoms with Crippen molar-refractivity contribution in [2.45, 2.75) is 26.2 Å². The molecule has 94 valence electrons. The number of nitrogens with zero attached hydrogens (tertiary/aromatic N) is 2. The van der Waals surface area contributed by atoms with Gasteiger partial charge in [0.25, 0.3) is 0 Å². The third-order valence-electron chi connectivity index (χ3n) is 2.99. The minimum Gasteiger partial charge on any atom is -0.383 e. The fraction of sp³-hybridized carbons (Fsp3) is 0.286. The average Bonchev–Trinajstić information content (AvgIpc) is 2.41. The van der Waals surface area contributed by atoms with Crippen LogP contribution in [0.15, 0.2) is 34.8 Å². The topological polar surface area (TPSA) is 51.8 Å². The molecule has 1 heterocycles. The van der Waals surface area contributed by atoms with E-state index in [1.54, 1.807) is 0 Å². The second-order valence-corrected chi connectivity index (χ2v) is 5.10. The highest BCUT2D eigenvalue weighted by atomic mass is 79.9. The van der Waals surface area contributed by atoms with E-state index in [2.05, 4.69) is 39.7 Å². The Balaban J connectivity index is 2.56. The van der Waals surface area contributed by atoms with Crippen molar-refractivity contribution in [2.75, 3.05) is 5.73 Å². The van der Waals surface area contributed by atoms with Crippen LogP contribution in [0.2, 0.25) is 0 Å². The van der Waals surface area contributed by atoms with Gasteiger partial charge in [-0.2, -0.15) is 0 Å². The maximum absolute atomic E-state index is 5.95. The molecule has 1 aromatic heterocycles.